The fraction of sp³-hybridized carbons (Fsp3) is 0.610. The third kappa shape index (κ3) is 30.4. The van der Waals surface area contributed by atoms with Crippen molar-refractivity contribution in [2.24, 2.45) is 0 Å². The lowest BCUT2D eigenvalue weighted by molar-refractivity contribution is -0.347. The number of hydrogen-bond donors (Lipinski definition) is 4. The quantitative estimate of drug-likeness (QED) is 0.0162. The van der Waals surface area contributed by atoms with Crippen molar-refractivity contribution < 1.29 is 77.0 Å². The number of unbranched alkanes of at least 4 members (excludes halogenated alkanes) is 24. The molecule has 4 N–H and O–H groups in total. The van der Waals surface area contributed by atoms with Crippen molar-refractivity contribution in [3.63, 3.8) is 0 Å². The average Bonchev–Trinajstić information content (AvgIpc) is 0.751. The largest absolute Gasteiger partial charge is 0.462 e. The summed E-state index contributed by atoms with van der Waals surface area (Å²) in [6.45, 7) is 3.38. The van der Waals surface area contributed by atoms with E-state index in [0.29, 0.717) is 18.4 Å². The summed E-state index contributed by atoms with van der Waals surface area (Å²) in [6.07, 6.45) is 11.8. The normalized spacial score (nSPS) is 22.5. The summed E-state index contributed by atoms with van der Waals surface area (Å²) in [7, 11) is -4.38. The van der Waals surface area contributed by atoms with Gasteiger partial charge in [0.15, 0.2) is 6.29 Å². The summed E-state index contributed by atoms with van der Waals surface area (Å²) in [4.78, 5) is 28.2. The lowest BCUT2D eigenvalue weighted by Gasteiger charge is -2.51. The van der Waals surface area contributed by atoms with Crippen LogP contribution in [0.4, 0.5) is 0 Å². The molecule has 0 amide bonds. The predicted molar refractivity (Wildman–Crippen MR) is 388 cm³/mol. The van der Waals surface area contributed by atoms with Crippen LogP contribution in [0.25, 0.3) is 0 Å². The Bertz CT molecular complexity index is 2910. The minimum Gasteiger partial charge on any atom is -0.462 e. The van der Waals surface area contributed by atoms with Gasteiger partial charge < -0.3 is 62.8 Å². The Balaban J connectivity index is 1.24. The first-order valence-corrected chi connectivity index (χ1v) is 39.7. The number of hydrogen-bond acceptors (Lipinski definition) is 16. The number of ether oxygens (including phenoxy) is 8. The monoisotopic (exact) mass is 1390 g/mol. The molecule has 0 spiro atoms. The number of aliphatic hydroxyl groups is 4. The number of benzene rings is 5. The molecule has 1 saturated carbocycles. The number of aliphatic hydroxyl groups excluding tert-OH is 4. The number of esters is 2. The van der Waals surface area contributed by atoms with Gasteiger partial charge in [0.1, 0.15) is 73.8 Å². The van der Waals surface area contributed by atoms with Gasteiger partial charge in [0.05, 0.1) is 39.2 Å². The summed E-state index contributed by atoms with van der Waals surface area (Å²) >= 11 is 0. The van der Waals surface area contributed by atoms with E-state index in [-0.39, 0.29) is 45.4 Å². The van der Waals surface area contributed by atoms with E-state index in [1.165, 1.54) is 109 Å². The van der Waals surface area contributed by atoms with Crippen LogP contribution in [0.1, 0.15) is 221 Å². The van der Waals surface area contributed by atoms with Crippen LogP contribution in [-0.2, 0) is 89.2 Å². The third-order valence-electron chi connectivity index (χ3n) is 19.0. The summed E-state index contributed by atoms with van der Waals surface area (Å²) in [5, 5.41) is 45.1. The lowest BCUT2D eigenvalue weighted by Crippen LogP contribution is -2.69. The summed E-state index contributed by atoms with van der Waals surface area (Å²) < 4.78 is 78.8. The Kier molecular flexibility index (Phi) is 39.3. The van der Waals surface area contributed by atoms with E-state index in [9.17, 15) is 30.0 Å². The zero-order chi connectivity index (χ0) is 70.0. The van der Waals surface area contributed by atoms with Crippen molar-refractivity contribution in [3.8, 4) is 0 Å². The Morgan fingerprint density at radius 3 is 1.12 bits per heavy atom. The molecule has 13 atom stereocenters. The van der Waals surface area contributed by atoms with Crippen molar-refractivity contribution >= 4 is 19.3 Å². The molecule has 1 heterocycles. The highest BCUT2D eigenvalue weighted by molar-refractivity contribution is 7.58. The number of carbonyl (C=O) groups excluding carboxylic acids is 2. The van der Waals surface area contributed by atoms with Crippen molar-refractivity contribution in [1.82, 2.24) is 0 Å². The fourth-order valence-electron chi connectivity index (χ4n) is 13.3. The Hall–Kier alpha value is -5.17. The first-order valence-electron chi connectivity index (χ1n) is 37.7. The topological polar surface area (TPSA) is 215 Å². The summed E-state index contributed by atoms with van der Waals surface area (Å²) in [5.74, 6) is -0.975. The van der Waals surface area contributed by atoms with E-state index >= 15 is 4.57 Å². The van der Waals surface area contributed by atoms with E-state index in [1.54, 1.807) is 0 Å². The third-order valence-corrected chi connectivity index (χ3v) is 21.4. The van der Waals surface area contributed by atoms with Crippen LogP contribution < -0.4 is 0 Å². The smallest absolute Gasteiger partial charge is 0.306 e. The Morgan fingerprint density at radius 1 is 0.414 bits per heavy atom. The molecule has 7 rings (SSSR count). The number of rotatable bonds is 52. The second-order valence-corrected chi connectivity index (χ2v) is 29.9. The van der Waals surface area contributed by atoms with Crippen LogP contribution in [-0.4, -0.2) is 125 Å². The SMILES string of the molecule is CCCCCCCCCCCCCCCC(=O)OC[C@@H](CP(=O)(Cc1ccccc1)O[C@H]1[C@@H](OCc2ccccc2)[C@H](OCc2ccccc2)[C@@H](OCc2ccccc2)[C@H](OCc2ccccc2)[C@H]1O[C@H]1O[C@H](CO)[C@@H](O)[C@H](O)[C@@H]1O)OC(=O)CCCCCCCCCCCCCCC. The van der Waals surface area contributed by atoms with Gasteiger partial charge in [-0.3, -0.25) is 14.2 Å². The van der Waals surface area contributed by atoms with Crippen LogP contribution >= 0.6 is 7.37 Å². The minimum absolute atomic E-state index is 0.0253. The van der Waals surface area contributed by atoms with Gasteiger partial charge in [-0.05, 0) is 40.7 Å². The Labute approximate surface area is 592 Å². The molecule has 1 unspecified atom stereocenters. The van der Waals surface area contributed by atoms with Crippen molar-refractivity contribution in [2.75, 3.05) is 19.4 Å². The molecule has 2 aliphatic rings. The van der Waals surface area contributed by atoms with Gasteiger partial charge in [-0.15, -0.1) is 0 Å². The standard InChI is InChI=1S/C82H119O16P/c1-3-5-7-9-11-13-15-17-19-21-23-25-42-54-71(84)90-61-69(95-72(85)55-43-26-24-22-20-18-16-14-12-10-8-6-4-2)63-99(89,62-68-52-40-31-41-53-68)98-81-79(94-60-67-50-38-30-39-51-67)77(92-58-65-46-34-28-35-47-65)76(91-57-64-44-32-27-33-45-64)78(93-59-66-48-36-29-37-49-66)80(81)97-82-75(88)74(87)73(86)70(56-83)96-82/h27-41,44-53,69-70,73-83,86-88H,3-26,42-43,54-63H2,1-2H3/t69-,70+,73+,74-,75-,76+,77+,78-,79-,80+,81-,82+,99?/m0/s1. The molecule has 0 bridgehead atoms. The molecule has 5 aromatic carbocycles. The first-order chi connectivity index (χ1) is 48.5. The maximum absolute atomic E-state index is 17.1. The molecular formula is C82H119O16P. The zero-order valence-electron chi connectivity index (χ0n) is 59.5. The van der Waals surface area contributed by atoms with Gasteiger partial charge in [0, 0.05) is 19.0 Å². The molecule has 2 fully saturated rings. The zero-order valence-corrected chi connectivity index (χ0v) is 60.3. The molecule has 5 aromatic rings. The highest BCUT2D eigenvalue weighted by Gasteiger charge is 2.59. The predicted octanol–water partition coefficient (Wildman–Crippen LogP) is 16.8. The van der Waals surface area contributed by atoms with E-state index in [4.69, 9.17) is 42.4 Å². The molecule has 1 aliphatic heterocycles. The van der Waals surface area contributed by atoms with E-state index in [1.807, 2.05) is 152 Å². The van der Waals surface area contributed by atoms with Crippen LogP contribution in [0.15, 0.2) is 152 Å². The Morgan fingerprint density at radius 2 is 0.747 bits per heavy atom. The first kappa shape index (κ1) is 81.1. The molecule has 16 nitrogen and oxygen atoms in total. The molecule has 17 heteroatoms. The highest BCUT2D eigenvalue weighted by atomic mass is 31.2. The van der Waals surface area contributed by atoms with Crippen LogP contribution in [0.3, 0.4) is 0 Å². The van der Waals surface area contributed by atoms with Crippen LogP contribution in [0.5, 0.6) is 0 Å². The van der Waals surface area contributed by atoms with Gasteiger partial charge in [0.2, 0.25) is 7.37 Å². The lowest BCUT2D eigenvalue weighted by atomic mass is 9.83. The van der Waals surface area contributed by atoms with Crippen molar-refractivity contribution in [3.05, 3.63) is 179 Å². The van der Waals surface area contributed by atoms with E-state index in [0.717, 1.165) is 67.2 Å². The fourth-order valence-corrected chi connectivity index (χ4v) is 15.8. The van der Waals surface area contributed by atoms with E-state index < -0.39 is 112 Å². The molecule has 99 heavy (non-hydrogen) atoms. The summed E-state index contributed by atoms with van der Waals surface area (Å²) in [5.41, 5.74) is 3.81. The van der Waals surface area contributed by atoms with Gasteiger partial charge in [-0.25, -0.2) is 0 Å². The molecule has 1 aliphatic carbocycles. The van der Waals surface area contributed by atoms with Crippen molar-refractivity contribution in [2.45, 2.75) is 300 Å². The minimum atomic E-state index is -4.38. The average molecular weight is 1390 g/mol. The summed E-state index contributed by atoms with van der Waals surface area (Å²) in [6, 6.07) is 47.3. The van der Waals surface area contributed by atoms with Crippen LogP contribution in [0.2, 0.25) is 0 Å². The molecule has 0 aromatic heterocycles. The number of carbonyl (C=O) groups is 2. The molecular weight excluding hydrogens is 1270 g/mol. The van der Waals surface area contributed by atoms with Gasteiger partial charge in [-0.2, -0.15) is 0 Å². The van der Waals surface area contributed by atoms with Gasteiger partial charge >= 0.3 is 11.9 Å². The van der Waals surface area contributed by atoms with Gasteiger partial charge in [-0.1, -0.05) is 320 Å². The molecule has 548 valence electrons. The molecule has 1 saturated heterocycles. The second-order valence-electron chi connectivity index (χ2n) is 27.3. The second kappa shape index (κ2) is 47.9. The van der Waals surface area contributed by atoms with Crippen molar-refractivity contribution in [1.29, 1.82) is 0 Å². The maximum atomic E-state index is 17.1. The maximum Gasteiger partial charge on any atom is 0.306 e. The van der Waals surface area contributed by atoms with Crippen LogP contribution in [0, 0.1) is 0 Å². The highest BCUT2D eigenvalue weighted by Crippen LogP contribution is 2.55. The van der Waals surface area contributed by atoms with Gasteiger partial charge in [0.25, 0.3) is 0 Å². The van der Waals surface area contributed by atoms with E-state index in [2.05, 4.69) is 13.8 Å². The molecule has 0 radical (unpaired) electrons.